The fraction of sp³-hybridized carbons (Fsp3) is 0.217. The number of carbonyl (C=O) groups is 2. The van der Waals surface area contributed by atoms with Gasteiger partial charge in [0.1, 0.15) is 11.5 Å². The van der Waals surface area contributed by atoms with Gasteiger partial charge in [0.2, 0.25) is 0 Å². The Morgan fingerprint density at radius 2 is 1.10 bits per heavy atom. The van der Waals surface area contributed by atoms with Crippen LogP contribution in [0.4, 0.5) is 0 Å². The van der Waals surface area contributed by atoms with Gasteiger partial charge in [0.15, 0.2) is 29.6 Å². The number of ketones is 2. The molecule has 3 rings (SSSR count). The Balaban J connectivity index is 1.83. The minimum absolute atomic E-state index is 0.259. The van der Waals surface area contributed by atoms with Crippen LogP contribution in [0, 0.1) is 0 Å². The van der Waals surface area contributed by atoms with Crippen molar-refractivity contribution in [1.29, 1.82) is 0 Å². The van der Waals surface area contributed by atoms with Crippen LogP contribution in [0.3, 0.4) is 0 Å². The summed E-state index contributed by atoms with van der Waals surface area (Å²) in [5, 5.41) is 20.6. The molecule has 2 atom stereocenters. The maximum Gasteiger partial charge on any atom is 0.191 e. The van der Waals surface area contributed by atoms with Crippen molar-refractivity contribution in [3.63, 3.8) is 0 Å². The first-order valence-corrected chi connectivity index (χ1v) is 10.9. The Morgan fingerprint density at radius 3 is 1.42 bits per heavy atom. The van der Waals surface area contributed by atoms with Crippen molar-refractivity contribution in [2.75, 3.05) is 0 Å². The summed E-state index contributed by atoms with van der Waals surface area (Å²) in [5.41, 5.74) is 0.871. The topological polar surface area (TPSA) is 93.1 Å². The minimum atomic E-state index is -1.27. The van der Waals surface area contributed by atoms with Crippen molar-refractivity contribution in [2.45, 2.75) is 31.8 Å². The summed E-state index contributed by atoms with van der Waals surface area (Å²) < 4.78 is 12.9. The number of benzene rings is 2. The zero-order chi connectivity index (χ0) is 22.8. The van der Waals surface area contributed by atoms with Gasteiger partial charge in [-0.25, -0.2) is 0 Å². The van der Waals surface area contributed by atoms with Gasteiger partial charge in [0.05, 0.1) is 0 Å². The molecule has 0 bridgehead atoms. The van der Waals surface area contributed by atoms with Crippen molar-refractivity contribution in [3.05, 3.63) is 80.8 Å². The van der Waals surface area contributed by atoms with Gasteiger partial charge in [0.25, 0.3) is 0 Å². The average Bonchev–Trinajstić information content (AvgIpc) is 3.04. The van der Waals surface area contributed by atoms with Crippen LogP contribution in [0.2, 0.25) is 0 Å². The van der Waals surface area contributed by atoms with E-state index in [4.69, 9.17) is 9.47 Å². The predicted molar refractivity (Wildman–Crippen MR) is 123 cm³/mol. The molecule has 1 saturated heterocycles. The Kier molecular flexibility index (Phi) is 7.16. The van der Waals surface area contributed by atoms with Gasteiger partial charge in [-0.15, -0.1) is 0 Å². The SMILES string of the molecule is CC1(C)O[C@@H](C(=O)/C=C(\O)c2ccc(Br)cc2)[C@H](C(=O)/C=C(\O)c2ccc(Br)cc2)O1. The number of aliphatic hydroxyl groups excluding tert-OH is 2. The van der Waals surface area contributed by atoms with Gasteiger partial charge in [-0.2, -0.15) is 0 Å². The number of hydrogen-bond donors (Lipinski definition) is 2. The van der Waals surface area contributed by atoms with E-state index in [2.05, 4.69) is 31.9 Å². The normalized spacial score (nSPS) is 21.2. The molecule has 31 heavy (non-hydrogen) atoms. The third kappa shape index (κ3) is 5.92. The number of hydrogen-bond acceptors (Lipinski definition) is 6. The van der Waals surface area contributed by atoms with Crippen LogP contribution in [0.1, 0.15) is 25.0 Å². The molecule has 0 saturated carbocycles. The number of ether oxygens (including phenoxy) is 2. The summed E-state index contributed by atoms with van der Waals surface area (Å²) in [6.45, 7) is 3.16. The molecule has 2 aromatic rings. The summed E-state index contributed by atoms with van der Waals surface area (Å²) >= 11 is 6.61. The van der Waals surface area contributed by atoms with E-state index in [1.807, 2.05) is 0 Å². The first-order valence-electron chi connectivity index (χ1n) is 9.32. The van der Waals surface area contributed by atoms with E-state index in [-0.39, 0.29) is 11.5 Å². The van der Waals surface area contributed by atoms with Gasteiger partial charge in [0, 0.05) is 32.2 Å². The van der Waals surface area contributed by atoms with Crippen LogP contribution in [0.15, 0.2) is 69.6 Å². The molecule has 1 aliphatic rings. The van der Waals surface area contributed by atoms with Crippen LogP contribution >= 0.6 is 31.9 Å². The molecule has 1 heterocycles. The number of aliphatic hydroxyl groups is 2. The molecule has 0 aliphatic carbocycles. The lowest BCUT2D eigenvalue weighted by Gasteiger charge is -2.15. The molecular weight excluding hydrogens is 532 g/mol. The molecule has 0 spiro atoms. The maximum absolute atomic E-state index is 12.8. The highest BCUT2D eigenvalue weighted by atomic mass is 79.9. The molecule has 0 unspecified atom stereocenters. The van der Waals surface area contributed by atoms with Crippen LogP contribution in [-0.4, -0.2) is 39.8 Å². The van der Waals surface area contributed by atoms with E-state index in [1.54, 1.807) is 62.4 Å². The maximum atomic E-state index is 12.8. The predicted octanol–water partition coefficient (Wildman–Crippen LogP) is 5.37. The second-order valence-electron chi connectivity index (χ2n) is 7.35. The van der Waals surface area contributed by atoms with Crippen LogP contribution < -0.4 is 0 Å². The molecule has 0 radical (unpaired) electrons. The van der Waals surface area contributed by atoms with Crippen molar-refractivity contribution in [1.82, 2.24) is 0 Å². The van der Waals surface area contributed by atoms with E-state index >= 15 is 0 Å². The van der Waals surface area contributed by atoms with E-state index < -0.39 is 29.6 Å². The second-order valence-corrected chi connectivity index (χ2v) is 9.19. The molecular formula is C23H20Br2O6. The highest BCUT2D eigenvalue weighted by Gasteiger charge is 2.47. The lowest BCUT2D eigenvalue weighted by molar-refractivity contribution is -0.155. The van der Waals surface area contributed by atoms with Crippen LogP contribution in [-0.2, 0) is 19.1 Å². The van der Waals surface area contributed by atoms with Gasteiger partial charge < -0.3 is 19.7 Å². The van der Waals surface area contributed by atoms with E-state index in [1.165, 1.54) is 0 Å². The standard InChI is InChI=1S/C23H20Br2O6/c1-23(2)30-21(19(28)11-17(26)13-3-7-15(24)8-4-13)22(31-23)20(29)12-18(27)14-5-9-16(25)10-6-14/h3-12,21-22,26-27H,1-2H3/b17-11-,18-12-/t21-,22-/m0/s1. The van der Waals surface area contributed by atoms with Gasteiger partial charge in [-0.1, -0.05) is 56.1 Å². The van der Waals surface area contributed by atoms with Crippen molar-refractivity contribution >= 4 is 54.9 Å². The molecule has 1 aliphatic heterocycles. The highest BCUT2D eigenvalue weighted by molar-refractivity contribution is 9.10. The molecule has 8 heteroatoms. The lowest BCUT2D eigenvalue weighted by Crippen LogP contribution is -2.36. The van der Waals surface area contributed by atoms with E-state index in [0.717, 1.165) is 21.1 Å². The van der Waals surface area contributed by atoms with Crippen molar-refractivity contribution in [2.24, 2.45) is 0 Å². The summed E-state index contributed by atoms with van der Waals surface area (Å²) in [6.07, 6.45) is -0.516. The first-order chi connectivity index (χ1) is 14.6. The lowest BCUT2D eigenvalue weighted by atomic mass is 10.0. The number of carbonyl (C=O) groups excluding carboxylic acids is 2. The van der Waals surface area contributed by atoms with Gasteiger partial charge in [-0.05, 0) is 38.1 Å². The fourth-order valence-corrected chi connectivity index (χ4v) is 3.55. The third-order valence-corrected chi connectivity index (χ3v) is 5.55. The first kappa shape index (κ1) is 23.4. The van der Waals surface area contributed by atoms with Gasteiger partial charge in [-0.3, -0.25) is 9.59 Å². The highest BCUT2D eigenvalue weighted by Crippen LogP contribution is 2.31. The summed E-state index contributed by atoms with van der Waals surface area (Å²) in [7, 11) is 0. The molecule has 6 nitrogen and oxygen atoms in total. The monoisotopic (exact) mass is 550 g/mol. The minimum Gasteiger partial charge on any atom is -0.507 e. The second kappa shape index (κ2) is 9.48. The zero-order valence-electron chi connectivity index (χ0n) is 16.7. The summed E-state index contributed by atoms with van der Waals surface area (Å²) in [4.78, 5) is 25.6. The quantitative estimate of drug-likeness (QED) is 0.370. The van der Waals surface area contributed by atoms with Crippen molar-refractivity contribution < 1.29 is 29.3 Å². The summed E-state index contributed by atoms with van der Waals surface area (Å²) in [5.74, 6) is -2.96. The largest absolute Gasteiger partial charge is 0.507 e. The fourth-order valence-electron chi connectivity index (χ4n) is 3.02. The molecule has 162 valence electrons. The van der Waals surface area contributed by atoms with Crippen molar-refractivity contribution in [3.8, 4) is 0 Å². The summed E-state index contributed by atoms with van der Waals surface area (Å²) in [6, 6.07) is 13.5. The Hall–Kier alpha value is -2.26. The third-order valence-electron chi connectivity index (χ3n) is 4.50. The van der Waals surface area contributed by atoms with E-state index in [9.17, 15) is 19.8 Å². The molecule has 2 aromatic carbocycles. The van der Waals surface area contributed by atoms with E-state index in [0.29, 0.717) is 11.1 Å². The molecule has 2 N–H and O–H groups in total. The Morgan fingerprint density at radius 1 is 0.774 bits per heavy atom. The zero-order valence-corrected chi connectivity index (χ0v) is 19.9. The Labute approximate surface area is 196 Å². The number of rotatable bonds is 6. The average molecular weight is 552 g/mol. The molecule has 0 aromatic heterocycles. The van der Waals surface area contributed by atoms with Crippen LogP contribution in [0.5, 0.6) is 0 Å². The number of halogens is 2. The van der Waals surface area contributed by atoms with Crippen LogP contribution in [0.25, 0.3) is 11.5 Å². The molecule has 1 fully saturated rings. The molecule has 0 amide bonds. The Bertz CT molecular complexity index is 955. The smallest absolute Gasteiger partial charge is 0.191 e. The van der Waals surface area contributed by atoms with Gasteiger partial charge >= 0.3 is 0 Å².